The Hall–Kier alpha value is -1.50. The normalized spacial score (nSPS) is 28.7. The fourth-order valence-corrected chi connectivity index (χ4v) is 4.18. The molecule has 1 aliphatic heterocycles. The van der Waals surface area contributed by atoms with Crippen molar-refractivity contribution in [2.45, 2.75) is 76.5 Å². The standard InChI is InChI=1S/C20H31N3O3/c1-20(2,3)26-19(24)23(25)17-11-13-22(14-17)16-9-7-15(8-10-16)18-6-4-5-12-21-18/h4-6,12,15-17,23H,7-11,13-14H2,1-3H3/t15-,16-,17?. The number of alkyl carbamates (subject to hydrolysis) is 1. The Morgan fingerprint density at radius 1 is 1.23 bits per heavy atom. The number of ether oxygens (including phenoxy) is 1. The highest BCUT2D eigenvalue weighted by molar-refractivity contribution is 5.57. The molecule has 6 heteroatoms. The van der Waals surface area contributed by atoms with E-state index in [1.807, 2.05) is 12.3 Å². The number of aromatic nitrogens is 1. The molecule has 1 N–H and O–H groups in total. The number of nitrogens with one attached hydrogen (secondary N) is 1. The van der Waals surface area contributed by atoms with E-state index in [-0.39, 0.29) is 11.1 Å². The summed E-state index contributed by atoms with van der Waals surface area (Å²) in [6, 6.07) is 6.45. The Morgan fingerprint density at radius 3 is 2.58 bits per heavy atom. The van der Waals surface area contributed by atoms with Crippen molar-refractivity contribution in [2.75, 3.05) is 13.1 Å². The van der Waals surface area contributed by atoms with Crippen LogP contribution in [0.2, 0.25) is 0 Å². The lowest BCUT2D eigenvalue weighted by Gasteiger charge is -2.35. The van der Waals surface area contributed by atoms with Crippen molar-refractivity contribution in [2.24, 2.45) is 0 Å². The second-order valence-corrected chi connectivity index (χ2v) is 8.61. The number of nitrogens with zero attached hydrogens (tertiary/aromatic N) is 2. The minimum absolute atomic E-state index is 0.210. The van der Waals surface area contributed by atoms with Gasteiger partial charge in [0.1, 0.15) is 11.6 Å². The summed E-state index contributed by atoms with van der Waals surface area (Å²) in [5.74, 6) is 0.550. The van der Waals surface area contributed by atoms with E-state index < -0.39 is 11.7 Å². The van der Waals surface area contributed by atoms with Crippen molar-refractivity contribution in [3.05, 3.63) is 35.3 Å². The summed E-state index contributed by atoms with van der Waals surface area (Å²) in [4.78, 5) is 18.9. The number of hydrogen-bond donors (Lipinski definition) is 1. The topological polar surface area (TPSA) is 69.9 Å². The maximum atomic E-state index is 12.4. The van der Waals surface area contributed by atoms with Gasteiger partial charge >= 0.3 is 6.09 Å². The van der Waals surface area contributed by atoms with Crippen molar-refractivity contribution in [3.63, 3.8) is 0 Å². The summed E-state index contributed by atoms with van der Waals surface area (Å²) in [6.07, 6.45) is 6.50. The van der Waals surface area contributed by atoms with Crippen molar-refractivity contribution in [1.29, 1.82) is 0 Å². The molecular formula is C20H31N3O3. The second-order valence-electron chi connectivity index (χ2n) is 8.61. The maximum absolute atomic E-state index is 12.4. The molecule has 1 aliphatic carbocycles. The van der Waals surface area contributed by atoms with Crippen molar-refractivity contribution in [1.82, 2.24) is 9.88 Å². The number of likely N-dealkylation sites (tertiary alicyclic amines) is 1. The first-order valence-corrected chi connectivity index (χ1v) is 9.75. The van der Waals surface area contributed by atoms with Gasteiger partial charge in [-0.05, 0) is 58.6 Å². The zero-order chi connectivity index (χ0) is 18.7. The van der Waals surface area contributed by atoms with Crippen molar-refractivity contribution in [3.8, 4) is 0 Å². The molecule has 1 aromatic rings. The van der Waals surface area contributed by atoms with Gasteiger partial charge in [-0.2, -0.15) is 4.79 Å². The van der Waals surface area contributed by atoms with E-state index in [0.717, 1.165) is 38.6 Å². The number of quaternary nitrogens is 1. The number of hydroxylamine groups is 2. The van der Waals surface area contributed by atoms with E-state index >= 15 is 0 Å². The third-order valence-corrected chi connectivity index (χ3v) is 5.51. The van der Waals surface area contributed by atoms with Gasteiger partial charge in [-0.25, -0.2) is 0 Å². The number of carbonyl (C=O) groups is 1. The smallest absolute Gasteiger partial charge is 0.515 e. The van der Waals surface area contributed by atoms with Crippen LogP contribution in [-0.2, 0) is 4.74 Å². The second kappa shape index (κ2) is 8.03. The highest BCUT2D eigenvalue weighted by Gasteiger charge is 2.37. The lowest BCUT2D eigenvalue weighted by Crippen LogP contribution is -3.14. The first kappa shape index (κ1) is 19.3. The molecule has 26 heavy (non-hydrogen) atoms. The Bertz CT molecular complexity index is 594. The van der Waals surface area contributed by atoms with Crippen LogP contribution >= 0.6 is 0 Å². The molecule has 0 spiro atoms. The summed E-state index contributed by atoms with van der Waals surface area (Å²) in [5.41, 5.74) is 0.583. The zero-order valence-electron chi connectivity index (χ0n) is 16.1. The minimum atomic E-state index is -0.678. The molecule has 1 saturated carbocycles. The number of amides is 1. The first-order valence-electron chi connectivity index (χ1n) is 9.75. The third-order valence-electron chi connectivity index (χ3n) is 5.51. The Balaban J connectivity index is 1.48. The Morgan fingerprint density at radius 2 is 1.96 bits per heavy atom. The van der Waals surface area contributed by atoms with Crippen LogP contribution in [0.3, 0.4) is 0 Å². The van der Waals surface area contributed by atoms with Crippen LogP contribution in [0.25, 0.3) is 0 Å². The third kappa shape index (κ3) is 4.81. The predicted octanol–water partition coefficient (Wildman–Crippen LogP) is 2.50. The monoisotopic (exact) mass is 361 g/mol. The van der Waals surface area contributed by atoms with E-state index in [4.69, 9.17) is 4.74 Å². The average molecular weight is 361 g/mol. The van der Waals surface area contributed by atoms with Gasteiger partial charge in [-0.3, -0.25) is 14.9 Å². The Labute approximate surface area is 156 Å². The minimum Gasteiger partial charge on any atom is -0.624 e. The Kier molecular flexibility index (Phi) is 5.95. The summed E-state index contributed by atoms with van der Waals surface area (Å²) in [7, 11) is 0. The molecule has 0 radical (unpaired) electrons. The molecule has 0 bridgehead atoms. The number of hydrogen-bond acceptors (Lipinski definition) is 5. The van der Waals surface area contributed by atoms with Crippen LogP contribution in [0.1, 0.15) is 64.5 Å². The van der Waals surface area contributed by atoms with Gasteiger partial charge in [0, 0.05) is 36.8 Å². The number of pyridine rings is 1. The van der Waals surface area contributed by atoms with Gasteiger partial charge < -0.3 is 9.94 Å². The van der Waals surface area contributed by atoms with Gasteiger partial charge in [-0.15, -0.1) is 0 Å². The van der Waals surface area contributed by atoms with E-state index in [9.17, 15) is 10.0 Å². The fraction of sp³-hybridized carbons (Fsp3) is 0.700. The molecule has 1 saturated heterocycles. The average Bonchev–Trinajstić information content (AvgIpc) is 3.10. The molecule has 144 valence electrons. The lowest BCUT2D eigenvalue weighted by atomic mass is 9.83. The molecule has 3 rings (SSSR count). The van der Waals surface area contributed by atoms with Crippen LogP contribution < -0.4 is 5.06 Å². The molecule has 1 aromatic heterocycles. The SMILES string of the molecule is CC(C)(C)OC(=O)[NH+]([O-])C1CCN([C@H]2CC[C@H](c3ccccn3)CC2)C1. The summed E-state index contributed by atoms with van der Waals surface area (Å²) in [5, 5.41) is 12.0. The van der Waals surface area contributed by atoms with E-state index in [0.29, 0.717) is 18.5 Å². The number of carbonyl (C=O) groups excluding carboxylic acids is 1. The number of rotatable bonds is 3. The van der Waals surface area contributed by atoms with Gasteiger partial charge in [0.25, 0.3) is 0 Å². The largest absolute Gasteiger partial charge is 0.624 e. The van der Waals surface area contributed by atoms with Gasteiger partial charge in [-0.1, -0.05) is 6.07 Å². The first-order chi connectivity index (χ1) is 12.3. The van der Waals surface area contributed by atoms with Crippen LogP contribution in [0, 0.1) is 5.21 Å². The van der Waals surface area contributed by atoms with E-state index in [1.54, 1.807) is 20.8 Å². The van der Waals surface area contributed by atoms with Crippen LogP contribution in [-0.4, -0.2) is 46.8 Å². The highest BCUT2D eigenvalue weighted by Crippen LogP contribution is 2.34. The zero-order valence-corrected chi connectivity index (χ0v) is 16.1. The van der Waals surface area contributed by atoms with Gasteiger partial charge in [0.2, 0.25) is 0 Å². The summed E-state index contributed by atoms with van der Waals surface area (Å²) in [6.45, 7) is 6.96. The summed E-state index contributed by atoms with van der Waals surface area (Å²) >= 11 is 0. The molecule has 2 atom stereocenters. The molecule has 2 unspecified atom stereocenters. The van der Waals surface area contributed by atoms with Crippen LogP contribution in [0.5, 0.6) is 0 Å². The molecule has 2 heterocycles. The molecule has 1 amide bonds. The molecular weight excluding hydrogens is 330 g/mol. The van der Waals surface area contributed by atoms with Crippen LogP contribution in [0.15, 0.2) is 24.4 Å². The molecule has 2 aliphatic rings. The summed E-state index contributed by atoms with van der Waals surface area (Å²) < 4.78 is 5.24. The highest BCUT2D eigenvalue weighted by atomic mass is 16.6. The van der Waals surface area contributed by atoms with Crippen molar-refractivity contribution >= 4 is 6.09 Å². The van der Waals surface area contributed by atoms with Gasteiger partial charge in [0.05, 0.1) is 6.54 Å². The molecule has 0 aromatic carbocycles. The predicted molar refractivity (Wildman–Crippen MR) is 99.8 cm³/mol. The quantitative estimate of drug-likeness (QED) is 0.838. The lowest BCUT2D eigenvalue weighted by molar-refractivity contribution is -0.797. The fourth-order valence-electron chi connectivity index (χ4n) is 4.18. The molecule has 6 nitrogen and oxygen atoms in total. The van der Waals surface area contributed by atoms with Gasteiger partial charge in [0.15, 0.2) is 0 Å². The molecule has 2 fully saturated rings. The van der Waals surface area contributed by atoms with E-state index in [1.165, 1.54) is 5.69 Å². The van der Waals surface area contributed by atoms with Crippen LogP contribution in [0.4, 0.5) is 4.79 Å². The maximum Gasteiger partial charge on any atom is 0.515 e. The van der Waals surface area contributed by atoms with Crippen molar-refractivity contribution < 1.29 is 14.6 Å². The van der Waals surface area contributed by atoms with E-state index in [2.05, 4.69) is 22.0 Å².